The Bertz CT molecular complexity index is 706. The van der Waals surface area contributed by atoms with Gasteiger partial charge in [-0.25, -0.2) is 9.97 Å². The molecule has 1 aliphatic rings. The Morgan fingerprint density at radius 3 is 2.24 bits per heavy atom. The first-order chi connectivity index (χ1) is 12.0. The molecule has 6 heteroatoms. The van der Waals surface area contributed by atoms with Crippen molar-refractivity contribution in [1.82, 2.24) is 14.9 Å². The van der Waals surface area contributed by atoms with E-state index in [-0.39, 0.29) is 11.9 Å². The lowest BCUT2D eigenvalue weighted by atomic mass is 10.1. The summed E-state index contributed by atoms with van der Waals surface area (Å²) in [6.07, 6.45) is 3.49. The lowest BCUT2D eigenvalue weighted by Crippen LogP contribution is -2.52. The lowest BCUT2D eigenvalue weighted by molar-refractivity contribution is -0.131. The van der Waals surface area contributed by atoms with Crippen LogP contribution in [0.25, 0.3) is 0 Å². The molecule has 1 saturated heterocycles. The molecule has 1 aromatic heterocycles. The minimum Gasteiger partial charge on any atom is -0.374 e. The van der Waals surface area contributed by atoms with Crippen molar-refractivity contribution in [2.75, 3.05) is 36.4 Å². The molecule has 1 unspecified atom stereocenters. The highest BCUT2D eigenvalue weighted by molar-refractivity contribution is 5.84. The van der Waals surface area contributed by atoms with E-state index in [9.17, 15) is 4.79 Å². The molecule has 0 saturated carbocycles. The molecule has 132 valence electrons. The zero-order valence-corrected chi connectivity index (χ0v) is 15.1. The van der Waals surface area contributed by atoms with Crippen LogP contribution < -0.4 is 10.2 Å². The zero-order valence-electron chi connectivity index (χ0n) is 15.1. The summed E-state index contributed by atoms with van der Waals surface area (Å²) in [6, 6.07) is 7.83. The molecule has 0 aliphatic carbocycles. The third-order valence-corrected chi connectivity index (χ3v) is 4.40. The summed E-state index contributed by atoms with van der Waals surface area (Å²) in [5.41, 5.74) is 3.38. The Hall–Kier alpha value is -2.63. The van der Waals surface area contributed by atoms with E-state index in [1.807, 2.05) is 17.9 Å². The van der Waals surface area contributed by atoms with Gasteiger partial charge in [0.15, 0.2) is 0 Å². The summed E-state index contributed by atoms with van der Waals surface area (Å²) in [4.78, 5) is 25.3. The van der Waals surface area contributed by atoms with Gasteiger partial charge in [-0.15, -0.1) is 0 Å². The quantitative estimate of drug-likeness (QED) is 0.926. The maximum Gasteiger partial charge on any atom is 0.244 e. The molecule has 1 aromatic carbocycles. The number of benzene rings is 1. The molecule has 1 atom stereocenters. The number of nitrogens with zero attached hydrogens (tertiary/aromatic N) is 4. The molecule has 0 radical (unpaired) electrons. The number of aryl methyl sites for hydroxylation is 2. The minimum atomic E-state index is -0.249. The smallest absolute Gasteiger partial charge is 0.244 e. The SMILES string of the molecule is Cc1cc(C)cc(NC(C)C(=O)N2CCN(c3ncccn3)CC2)c1. The van der Waals surface area contributed by atoms with Gasteiger partial charge in [0, 0.05) is 44.3 Å². The average molecular weight is 339 g/mol. The van der Waals surface area contributed by atoms with Gasteiger partial charge in [0.2, 0.25) is 11.9 Å². The van der Waals surface area contributed by atoms with Crippen LogP contribution in [0.1, 0.15) is 18.1 Å². The number of nitrogens with one attached hydrogen (secondary N) is 1. The average Bonchev–Trinajstić information content (AvgIpc) is 2.61. The van der Waals surface area contributed by atoms with Crippen molar-refractivity contribution < 1.29 is 4.79 Å². The van der Waals surface area contributed by atoms with Crippen LogP contribution in [0.15, 0.2) is 36.7 Å². The Kier molecular flexibility index (Phi) is 5.16. The second-order valence-corrected chi connectivity index (χ2v) is 6.60. The maximum absolute atomic E-state index is 12.7. The molecular weight excluding hydrogens is 314 g/mol. The minimum absolute atomic E-state index is 0.132. The van der Waals surface area contributed by atoms with Crippen molar-refractivity contribution in [3.8, 4) is 0 Å². The Morgan fingerprint density at radius 1 is 1.04 bits per heavy atom. The first kappa shape index (κ1) is 17.2. The fourth-order valence-corrected chi connectivity index (χ4v) is 3.22. The maximum atomic E-state index is 12.7. The topological polar surface area (TPSA) is 61.4 Å². The number of aromatic nitrogens is 2. The van der Waals surface area contributed by atoms with Crippen molar-refractivity contribution in [2.24, 2.45) is 0 Å². The van der Waals surface area contributed by atoms with Gasteiger partial charge in [-0.3, -0.25) is 4.79 Å². The second-order valence-electron chi connectivity index (χ2n) is 6.60. The van der Waals surface area contributed by atoms with Crippen molar-refractivity contribution in [3.63, 3.8) is 0 Å². The number of carbonyl (C=O) groups is 1. The van der Waals surface area contributed by atoms with Gasteiger partial charge in [0.1, 0.15) is 6.04 Å². The normalized spacial score (nSPS) is 15.8. The van der Waals surface area contributed by atoms with Crippen LogP contribution >= 0.6 is 0 Å². The number of rotatable bonds is 4. The van der Waals surface area contributed by atoms with E-state index in [0.29, 0.717) is 13.1 Å². The van der Waals surface area contributed by atoms with E-state index in [2.05, 4.69) is 52.2 Å². The van der Waals surface area contributed by atoms with E-state index < -0.39 is 0 Å². The Morgan fingerprint density at radius 2 is 1.64 bits per heavy atom. The van der Waals surface area contributed by atoms with Crippen molar-refractivity contribution in [2.45, 2.75) is 26.8 Å². The molecule has 1 fully saturated rings. The molecule has 1 aliphatic heterocycles. The Labute approximate surface area is 148 Å². The fraction of sp³-hybridized carbons (Fsp3) is 0.421. The number of hydrogen-bond donors (Lipinski definition) is 1. The first-order valence-electron chi connectivity index (χ1n) is 8.68. The molecule has 2 aromatic rings. The molecule has 6 nitrogen and oxygen atoms in total. The van der Waals surface area contributed by atoms with Crippen LogP contribution in [-0.2, 0) is 4.79 Å². The predicted molar refractivity (Wildman–Crippen MR) is 99.8 cm³/mol. The van der Waals surface area contributed by atoms with Gasteiger partial charge in [-0.1, -0.05) is 6.07 Å². The molecule has 25 heavy (non-hydrogen) atoms. The highest BCUT2D eigenvalue weighted by Crippen LogP contribution is 2.16. The number of anilines is 2. The highest BCUT2D eigenvalue weighted by Gasteiger charge is 2.25. The summed E-state index contributed by atoms with van der Waals surface area (Å²) in [7, 11) is 0. The van der Waals surface area contributed by atoms with Crippen LogP contribution in [0, 0.1) is 13.8 Å². The summed E-state index contributed by atoms with van der Waals surface area (Å²) in [5, 5.41) is 3.33. The van der Waals surface area contributed by atoms with Crippen LogP contribution in [0.4, 0.5) is 11.6 Å². The number of carbonyl (C=O) groups excluding carboxylic acids is 1. The molecule has 2 heterocycles. The summed E-state index contributed by atoms with van der Waals surface area (Å²) < 4.78 is 0. The molecule has 3 rings (SSSR count). The van der Waals surface area contributed by atoms with Crippen molar-refractivity contribution in [1.29, 1.82) is 0 Å². The molecule has 0 spiro atoms. The Balaban J connectivity index is 1.56. The van der Waals surface area contributed by atoms with E-state index >= 15 is 0 Å². The van der Waals surface area contributed by atoms with Gasteiger partial charge >= 0.3 is 0 Å². The molecule has 0 bridgehead atoms. The van der Waals surface area contributed by atoms with Crippen molar-refractivity contribution in [3.05, 3.63) is 47.8 Å². The second kappa shape index (κ2) is 7.51. The van der Waals surface area contributed by atoms with Crippen LogP contribution in [0.3, 0.4) is 0 Å². The van der Waals surface area contributed by atoms with Gasteiger partial charge in [-0.2, -0.15) is 0 Å². The standard InChI is InChI=1S/C19H25N5O/c1-14-11-15(2)13-17(12-14)22-16(3)18(25)23-7-9-24(10-8-23)19-20-5-4-6-21-19/h4-6,11-13,16,22H,7-10H2,1-3H3. The zero-order chi connectivity index (χ0) is 17.8. The van der Waals surface area contributed by atoms with Crippen LogP contribution in [0.2, 0.25) is 0 Å². The van der Waals surface area contributed by atoms with Gasteiger partial charge in [0.05, 0.1) is 0 Å². The number of piperazine rings is 1. The monoisotopic (exact) mass is 339 g/mol. The first-order valence-corrected chi connectivity index (χ1v) is 8.68. The van der Waals surface area contributed by atoms with Gasteiger partial charge in [-0.05, 0) is 50.1 Å². The summed E-state index contributed by atoms with van der Waals surface area (Å²) in [6.45, 7) is 8.95. The van der Waals surface area contributed by atoms with E-state index in [4.69, 9.17) is 0 Å². The third kappa shape index (κ3) is 4.26. The molecule has 1 amide bonds. The summed E-state index contributed by atoms with van der Waals surface area (Å²) in [5.74, 6) is 0.865. The predicted octanol–water partition coefficient (Wildman–Crippen LogP) is 2.24. The highest BCUT2D eigenvalue weighted by atomic mass is 16.2. The van der Waals surface area contributed by atoms with E-state index in [1.54, 1.807) is 12.4 Å². The molecular formula is C19H25N5O. The third-order valence-electron chi connectivity index (χ3n) is 4.40. The molecule has 1 N–H and O–H groups in total. The number of hydrogen-bond acceptors (Lipinski definition) is 5. The van der Waals surface area contributed by atoms with Gasteiger partial charge < -0.3 is 15.1 Å². The largest absolute Gasteiger partial charge is 0.374 e. The van der Waals surface area contributed by atoms with E-state index in [1.165, 1.54) is 11.1 Å². The van der Waals surface area contributed by atoms with Crippen LogP contribution in [-0.4, -0.2) is 53.0 Å². The van der Waals surface area contributed by atoms with Gasteiger partial charge in [0.25, 0.3) is 0 Å². The fourth-order valence-electron chi connectivity index (χ4n) is 3.22. The summed E-state index contributed by atoms with van der Waals surface area (Å²) >= 11 is 0. The van der Waals surface area contributed by atoms with Crippen LogP contribution in [0.5, 0.6) is 0 Å². The van der Waals surface area contributed by atoms with E-state index in [0.717, 1.165) is 24.7 Å². The number of amides is 1. The van der Waals surface area contributed by atoms with Crippen molar-refractivity contribution >= 4 is 17.5 Å². The lowest BCUT2D eigenvalue weighted by Gasteiger charge is -2.36.